The molecule has 0 aliphatic carbocycles. The zero-order valence-corrected chi connectivity index (χ0v) is 18.7. The van der Waals surface area contributed by atoms with Gasteiger partial charge in [-0.05, 0) is 29.2 Å². The number of fused-ring (bicyclic) bond motifs is 1. The molecule has 1 aromatic heterocycles. The molecule has 2 heterocycles. The number of ether oxygens (including phenoxy) is 1. The zero-order valence-electron chi connectivity index (χ0n) is 17.9. The fourth-order valence-electron chi connectivity index (χ4n) is 4.10. The highest BCUT2D eigenvalue weighted by molar-refractivity contribution is 6.30. The summed E-state index contributed by atoms with van der Waals surface area (Å²) >= 11 is 6.11. The Kier molecular flexibility index (Phi) is 6.35. The minimum absolute atomic E-state index is 0.00463. The van der Waals surface area contributed by atoms with Crippen LogP contribution >= 0.6 is 11.6 Å². The van der Waals surface area contributed by atoms with E-state index in [1.165, 1.54) is 11.0 Å². The summed E-state index contributed by atoms with van der Waals surface area (Å²) < 4.78 is 7.56. The molecule has 3 aromatic rings. The smallest absolute Gasteiger partial charge is 0.276 e. The molecule has 0 radical (unpaired) electrons. The van der Waals surface area contributed by atoms with Gasteiger partial charge in [0.1, 0.15) is 6.61 Å². The molecule has 2 atom stereocenters. The van der Waals surface area contributed by atoms with Gasteiger partial charge in [-0.2, -0.15) is 0 Å². The second-order valence-corrected chi connectivity index (χ2v) is 8.69. The number of rotatable bonds is 6. The molecule has 166 valence electrons. The number of carbonyl (C=O) groups excluding carboxylic acids is 1. The zero-order chi connectivity index (χ0) is 22.8. The highest BCUT2D eigenvalue weighted by atomic mass is 35.5. The highest BCUT2D eigenvalue weighted by Gasteiger charge is 2.42. The lowest BCUT2D eigenvalue weighted by Gasteiger charge is -2.42. The van der Waals surface area contributed by atoms with Crippen LogP contribution in [0.25, 0.3) is 0 Å². The van der Waals surface area contributed by atoms with E-state index in [-0.39, 0.29) is 35.9 Å². The Morgan fingerprint density at radius 2 is 1.75 bits per heavy atom. The van der Waals surface area contributed by atoms with Crippen molar-refractivity contribution >= 4 is 17.5 Å². The van der Waals surface area contributed by atoms with E-state index in [4.69, 9.17) is 16.3 Å². The largest absolute Gasteiger partial charge is 0.483 e. The first-order valence-electron chi connectivity index (χ1n) is 10.5. The van der Waals surface area contributed by atoms with Crippen LogP contribution in [0.1, 0.15) is 41.5 Å². The predicted molar refractivity (Wildman–Crippen MR) is 123 cm³/mol. The summed E-state index contributed by atoms with van der Waals surface area (Å²) in [5.74, 6) is -0.478. The van der Waals surface area contributed by atoms with E-state index in [2.05, 4.69) is 0 Å². The van der Waals surface area contributed by atoms with E-state index in [0.29, 0.717) is 5.02 Å². The van der Waals surface area contributed by atoms with Gasteiger partial charge >= 0.3 is 0 Å². The quantitative estimate of drug-likeness (QED) is 0.606. The number of aliphatic hydroxyl groups is 1. The Hall–Kier alpha value is -3.09. The van der Waals surface area contributed by atoms with Crippen molar-refractivity contribution in [3.8, 4) is 5.75 Å². The van der Waals surface area contributed by atoms with Gasteiger partial charge in [-0.25, -0.2) is 0 Å². The molecule has 1 aliphatic heterocycles. The SMILES string of the molecule is CC(C)C1C(O)N(Cc2cccc(Cl)c2)C(=O)c2c(OCc3ccccc3)c(=O)ccn21. The van der Waals surface area contributed by atoms with Crippen molar-refractivity contribution in [1.29, 1.82) is 0 Å². The Bertz CT molecular complexity index is 1180. The first kappa shape index (κ1) is 22.1. The van der Waals surface area contributed by atoms with E-state index in [9.17, 15) is 14.7 Å². The van der Waals surface area contributed by atoms with Gasteiger partial charge in [0.2, 0.25) is 5.43 Å². The third-order valence-corrected chi connectivity index (χ3v) is 5.88. The second-order valence-electron chi connectivity index (χ2n) is 8.25. The summed E-state index contributed by atoms with van der Waals surface area (Å²) in [6, 6.07) is 17.5. The van der Waals surface area contributed by atoms with Crippen molar-refractivity contribution in [2.75, 3.05) is 0 Å². The Morgan fingerprint density at radius 1 is 1.03 bits per heavy atom. The second kappa shape index (κ2) is 9.18. The van der Waals surface area contributed by atoms with E-state index < -0.39 is 18.2 Å². The van der Waals surface area contributed by atoms with Crippen LogP contribution in [0, 0.1) is 5.92 Å². The van der Waals surface area contributed by atoms with Crippen molar-refractivity contribution in [3.63, 3.8) is 0 Å². The first-order chi connectivity index (χ1) is 15.4. The number of halogens is 1. The van der Waals surface area contributed by atoms with Gasteiger partial charge < -0.3 is 19.3 Å². The van der Waals surface area contributed by atoms with Crippen LogP contribution in [0.4, 0.5) is 0 Å². The van der Waals surface area contributed by atoms with Gasteiger partial charge in [0, 0.05) is 23.8 Å². The molecule has 2 unspecified atom stereocenters. The summed E-state index contributed by atoms with van der Waals surface area (Å²) in [5, 5.41) is 11.7. The van der Waals surface area contributed by atoms with E-state index in [0.717, 1.165) is 11.1 Å². The molecule has 0 saturated carbocycles. The first-order valence-corrected chi connectivity index (χ1v) is 10.9. The number of nitrogens with zero attached hydrogens (tertiary/aromatic N) is 2. The van der Waals surface area contributed by atoms with Crippen molar-refractivity contribution in [2.24, 2.45) is 5.92 Å². The van der Waals surface area contributed by atoms with Crippen LogP contribution in [0.15, 0.2) is 71.7 Å². The van der Waals surface area contributed by atoms with Gasteiger partial charge in [0.05, 0.1) is 6.04 Å². The maximum absolute atomic E-state index is 13.6. The molecular formula is C25H25ClN2O4. The summed E-state index contributed by atoms with van der Waals surface area (Å²) in [6.07, 6.45) is 0.494. The molecule has 0 saturated heterocycles. The summed E-state index contributed by atoms with van der Waals surface area (Å²) in [4.78, 5) is 27.7. The molecule has 0 fully saturated rings. The average Bonchev–Trinajstić information content (AvgIpc) is 2.77. The lowest BCUT2D eigenvalue weighted by molar-refractivity contribution is -0.0505. The van der Waals surface area contributed by atoms with Crippen LogP contribution in [0.3, 0.4) is 0 Å². The fraction of sp³-hybridized carbons (Fsp3) is 0.280. The lowest BCUT2D eigenvalue weighted by atomic mass is 9.97. The third-order valence-electron chi connectivity index (χ3n) is 5.64. The van der Waals surface area contributed by atoms with Crippen LogP contribution in [-0.4, -0.2) is 26.7 Å². The van der Waals surface area contributed by atoms with Gasteiger partial charge in [0.15, 0.2) is 17.7 Å². The predicted octanol–water partition coefficient (Wildman–Crippen LogP) is 4.25. The Morgan fingerprint density at radius 3 is 2.44 bits per heavy atom. The summed E-state index contributed by atoms with van der Waals surface area (Å²) in [5.41, 5.74) is 1.45. The van der Waals surface area contributed by atoms with Gasteiger partial charge in [-0.1, -0.05) is 67.9 Å². The maximum Gasteiger partial charge on any atom is 0.276 e. The number of amides is 1. The fourth-order valence-corrected chi connectivity index (χ4v) is 4.32. The number of hydrogen-bond donors (Lipinski definition) is 1. The Labute approximate surface area is 191 Å². The standard InChI is InChI=1S/C25H25ClN2O4/c1-16(2)21-24(30)28(14-18-9-6-10-19(26)13-18)25(31)22-23(20(29)11-12-27(21)22)32-15-17-7-4-3-5-8-17/h3-13,16,21,24,30H,14-15H2,1-2H3. The number of carbonyl (C=O) groups is 1. The number of aliphatic hydroxyl groups excluding tert-OH is 1. The molecule has 1 aliphatic rings. The molecule has 2 aromatic carbocycles. The molecule has 0 spiro atoms. The molecular weight excluding hydrogens is 428 g/mol. The molecule has 32 heavy (non-hydrogen) atoms. The van der Waals surface area contributed by atoms with Crippen LogP contribution < -0.4 is 10.2 Å². The van der Waals surface area contributed by atoms with Crippen molar-refractivity contribution in [1.82, 2.24) is 9.47 Å². The monoisotopic (exact) mass is 452 g/mol. The van der Waals surface area contributed by atoms with Crippen LogP contribution in [-0.2, 0) is 13.2 Å². The van der Waals surface area contributed by atoms with E-state index >= 15 is 0 Å². The molecule has 0 bridgehead atoms. The Balaban J connectivity index is 1.76. The molecule has 6 nitrogen and oxygen atoms in total. The highest BCUT2D eigenvalue weighted by Crippen LogP contribution is 2.35. The van der Waals surface area contributed by atoms with E-state index in [1.807, 2.05) is 50.2 Å². The van der Waals surface area contributed by atoms with Gasteiger partial charge in [-0.15, -0.1) is 0 Å². The molecule has 7 heteroatoms. The van der Waals surface area contributed by atoms with E-state index in [1.54, 1.807) is 29.0 Å². The van der Waals surface area contributed by atoms with Crippen molar-refractivity contribution in [3.05, 3.63) is 98.9 Å². The van der Waals surface area contributed by atoms with Crippen LogP contribution in [0.5, 0.6) is 5.75 Å². The number of hydrogen-bond acceptors (Lipinski definition) is 4. The lowest BCUT2D eigenvalue weighted by Crippen LogP contribution is -2.52. The maximum atomic E-state index is 13.6. The minimum atomic E-state index is -1.07. The summed E-state index contributed by atoms with van der Waals surface area (Å²) in [7, 11) is 0. The molecule has 1 N–H and O–H groups in total. The van der Waals surface area contributed by atoms with Crippen molar-refractivity contribution in [2.45, 2.75) is 39.3 Å². The summed E-state index contributed by atoms with van der Waals surface area (Å²) in [6.45, 7) is 4.25. The normalized spacial score (nSPS) is 18.0. The number of aromatic nitrogens is 1. The molecule has 4 rings (SSSR count). The van der Waals surface area contributed by atoms with Gasteiger partial charge in [0.25, 0.3) is 5.91 Å². The average molecular weight is 453 g/mol. The van der Waals surface area contributed by atoms with Gasteiger partial charge in [-0.3, -0.25) is 9.59 Å². The number of pyridine rings is 1. The minimum Gasteiger partial charge on any atom is -0.483 e. The number of benzene rings is 2. The van der Waals surface area contributed by atoms with Crippen molar-refractivity contribution < 1.29 is 14.6 Å². The van der Waals surface area contributed by atoms with Crippen LogP contribution in [0.2, 0.25) is 5.02 Å². The third kappa shape index (κ3) is 4.29. The topological polar surface area (TPSA) is 71.8 Å². The molecule has 1 amide bonds.